The number of hydrogen-bond acceptors (Lipinski definition) is 3. The molecule has 2 heterocycles. The minimum absolute atomic E-state index is 0.0336. The van der Waals surface area contributed by atoms with Gasteiger partial charge in [0, 0.05) is 58.4 Å². The van der Waals surface area contributed by atoms with Crippen molar-refractivity contribution in [3.63, 3.8) is 0 Å². The Bertz CT molecular complexity index is 615. The molecule has 6 heteroatoms. The Kier molecular flexibility index (Phi) is 6.01. The van der Waals surface area contributed by atoms with E-state index >= 15 is 0 Å². The van der Waals surface area contributed by atoms with Gasteiger partial charge in [0.05, 0.1) is 0 Å². The Labute approximate surface area is 156 Å². The second-order valence-corrected chi connectivity index (χ2v) is 7.51. The van der Waals surface area contributed by atoms with Crippen molar-refractivity contribution in [3.05, 3.63) is 29.8 Å². The maximum atomic E-state index is 12.5. The third-order valence-corrected chi connectivity index (χ3v) is 5.45. The van der Waals surface area contributed by atoms with Crippen molar-refractivity contribution in [1.82, 2.24) is 15.1 Å². The second kappa shape index (κ2) is 8.43. The molecule has 3 amide bonds. The van der Waals surface area contributed by atoms with E-state index in [1.807, 2.05) is 36.0 Å². The summed E-state index contributed by atoms with van der Waals surface area (Å²) >= 11 is 0. The highest BCUT2D eigenvalue weighted by Gasteiger charge is 2.31. The largest absolute Gasteiger partial charge is 0.378 e. The lowest BCUT2D eigenvalue weighted by molar-refractivity contribution is -0.135. The average Bonchev–Trinajstić information content (AvgIpc) is 3.20. The van der Waals surface area contributed by atoms with Gasteiger partial charge in [0.1, 0.15) is 0 Å². The fourth-order valence-electron chi connectivity index (χ4n) is 3.73. The zero-order valence-corrected chi connectivity index (χ0v) is 15.9. The molecule has 0 spiro atoms. The van der Waals surface area contributed by atoms with Crippen LogP contribution >= 0.6 is 0 Å². The Hall–Kier alpha value is -2.24. The molecule has 2 saturated heterocycles. The van der Waals surface area contributed by atoms with Crippen molar-refractivity contribution in [1.29, 1.82) is 0 Å². The molecule has 2 aliphatic rings. The maximum Gasteiger partial charge on any atom is 0.317 e. The lowest BCUT2D eigenvalue weighted by Crippen LogP contribution is -2.47. The Morgan fingerprint density at radius 3 is 2.19 bits per heavy atom. The number of urea groups is 1. The number of hydrogen-bond donors (Lipinski definition) is 1. The maximum absolute atomic E-state index is 12.5. The third kappa shape index (κ3) is 4.48. The zero-order chi connectivity index (χ0) is 18.5. The Balaban J connectivity index is 1.42. The molecule has 3 rings (SSSR count). The van der Waals surface area contributed by atoms with Gasteiger partial charge in [-0.25, -0.2) is 4.79 Å². The summed E-state index contributed by atoms with van der Waals surface area (Å²) in [5.41, 5.74) is 2.23. The molecule has 6 nitrogen and oxygen atoms in total. The number of anilines is 1. The highest BCUT2D eigenvalue weighted by molar-refractivity contribution is 5.80. The van der Waals surface area contributed by atoms with E-state index in [-0.39, 0.29) is 11.9 Å². The molecule has 0 saturated carbocycles. The van der Waals surface area contributed by atoms with E-state index in [0.29, 0.717) is 25.5 Å². The standard InChI is InChI=1S/C20H30N4O2/c1-22(2)18-7-5-16(6-8-18)15-21-20(26)24-13-9-17(10-14-24)19(25)23-11-3-4-12-23/h5-8,17H,3-4,9-15H2,1-2H3,(H,21,26). The molecule has 1 N–H and O–H groups in total. The quantitative estimate of drug-likeness (QED) is 0.898. The number of nitrogens with one attached hydrogen (secondary N) is 1. The van der Waals surface area contributed by atoms with E-state index in [9.17, 15) is 9.59 Å². The number of nitrogens with zero attached hydrogens (tertiary/aromatic N) is 3. The van der Waals surface area contributed by atoms with Gasteiger partial charge in [0.2, 0.25) is 5.91 Å². The smallest absolute Gasteiger partial charge is 0.317 e. The van der Waals surface area contributed by atoms with Gasteiger partial charge in [-0.2, -0.15) is 0 Å². The van der Waals surface area contributed by atoms with Gasteiger partial charge in [-0.1, -0.05) is 12.1 Å². The molecular formula is C20H30N4O2. The first kappa shape index (κ1) is 18.5. The summed E-state index contributed by atoms with van der Waals surface area (Å²) in [7, 11) is 4.02. The zero-order valence-electron chi connectivity index (χ0n) is 15.9. The summed E-state index contributed by atoms with van der Waals surface area (Å²) in [4.78, 5) is 30.7. The van der Waals surface area contributed by atoms with E-state index in [2.05, 4.69) is 22.3 Å². The molecule has 0 unspecified atom stereocenters. The predicted molar refractivity (Wildman–Crippen MR) is 103 cm³/mol. The Morgan fingerprint density at radius 2 is 1.62 bits per heavy atom. The summed E-state index contributed by atoms with van der Waals surface area (Å²) in [5.74, 6) is 0.388. The predicted octanol–water partition coefficient (Wildman–Crippen LogP) is 2.30. The fraction of sp³-hybridized carbons (Fsp3) is 0.600. The van der Waals surface area contributed by atoms with Gasteiger partial charge in [-0.3, -0.25) is 4.79 Å². The first-order valence-corrected chi connectivity index (χ1v) is 9.62. The number of carbonyl (C=O) groups excluding carboxylic acids is 2. The minimum Gasteiger partial charge on any atom is -0.378 e. The number of piperidine rings is 1. The van der Waals surface area contributed by atoms with E-state index in [4.69, 9.17) is 0 Å². The van der Waals surface area contributed by atoms with Crippen LogP contribution in [0.3, 0.4) is 0 Å². The average molecular weight is 358 g/mol. The van der Waals surface area contributed by atoms with Gasteiger partial charge in [-0.15, -0.1) is 0 Å². The van der Waals surface area contributed by atoms with Crippen molar-refractivity contribution < 1.29 is 9.59 Å². The summed E-state index contributed by atoms with van der Waals surface area (Å²) < 4.78 is 0. The Morgan fingerprint density at radius 1 is 1.00 bits per heavy atom. The minimum atomic E-state index is -0.0336. The van der Waals surface area contributed by atoms with Gasteiger partial charge >= 0.3 is 6.03 Å². The molecule has 1 aromatic carbocycles. The SMILES string of the molecule is CN(C)c1ccc(CNC(=O)N2CCC(C(=O)N3CCCC3)CC2)cc1. The van der Waals surface area contributed by atoms with Gasteiger partial charge in [0.15, 0.2) is 0 Å². The van der Waals surface area contributed by atoms with E-state index in [0.717, 1.165) is 50.0 Å². The van der Waals surface area contributed by atoms with Crippen LogP contribution in [0.15, 0.2) is 24.3 Å². The van der Waals surface area contributed by atoms with Crippen LogP contribution in [0.1, 0.15) is 31.2 Å². The summed E-state index contributed by atoms with van der Waals surface area (Å²) in [6.45, 7) is 3.67. The topological polar surface area (TPSA) is 55.9 Å². The molecule has 2 aliphatic heterocycles. The van der Waals surface area contributed by atoms with E-state index < -0.39 is 0 Å². The second-order valence-electron chi connectivity index (χ2n) is 7.51. The molecule has 0 aromatic heterocycles. The molecule has 0 atom stereocenters. The summed E-state index contributed by atoms with van der Waals surface area (Å²) in [6, 6.07) is 8.15. The first-order valence-electron chi connectivity index (χ1n) is 9.62. The fourth-order valence-corrected chi connectivity index (χ4v) is 3.73. The van der Waals surface area contributed by atoms with Crippen LogP contribution < -0.4 is 10.2 Å². The van der Waals surface area contributed by atoms with Crippen molar-refractivity contribution in [2.45, 2.75) is 32.2 Å². The molecule has 0 aliphatic carbocycles. The van der Waals surface area contributed by atoms with Crippen molar-refractivity contribution in [3.8, 4) is 0 Å². The van der Waals surface area contributed by atoms with Crippen LogP contribution in [0.4, 0.5) is 10.5 Å². The van der Waals surface area contributed by atoms with Crippen LogP contribution in [0.5, 0.6) is 0 Å². The van der Waals surface area contributed by atoms with Gasteiger partial charge < -0.3 is 20.0 Å². The number of rotatable bonds is 4. The molecule has 2 fully saturated rings. The van der Waals surface area contributed by atoms with Crippen LogP contribution in [0.25, 0.3) is 0 Å². The van der Waals surface area contributed by atoms with Crippen molar-refractivity contribution in [2.75, 3.05) is 45.2 Å². The lowest BCUT2D eigenvalue weighted by Gasteiger charge is -2.33. The molecule has 26 heavy (non-hydrogen) atoms. The van der Waals surface area contributed by atoms with Crippen LogP contribution in [-0.2, 0) is 11.3 Å². The van der Waals surface area contributed by atoms with Gasteiger partial charge in [0.25, 0.3) is 0 Å². The molecule has 0 radical (unpaired) electrons. The number of benzene rings is 1. The van der Waals surface area contributed by atoms with Crippen LogP contribution in [0, 0.1) is 5.92 Å². The van der Waals surface area contributed by atoms with Crippen LogP contribution in [0.2, 0.25) is 0 Å². The molecular weight excluding hydrogens is 328 g/mol. The number of carbonyl (C=O) groups is 2. The monoisotopic (exact) mass is 358 g/mol. The van der Waals surface area contributed by atoms with Gasteiger partial charge in [-0.05, 0) is 43.4 Å². The van der Waals surface area contributed by atoms with Crippen molar-refractivity contribution in [2.24, 2.45) is 5.92 Å². The summed E-state index contributed by atoms with van der Waals surface area (Å²) in [5, 5.41) is 2.99. The molecule has 0 bridgehead atoms. The highest BCUT2D eigenvalue weighted by Crippen LogP contribution is 2.22. The lowest BCUT2D eigenvalue weighted by atomic mass is 9.95. The van der Waals surface area contributed by atoms with Crippen LogP contribution in [-0.4, -0.2) is 62.0 Å². The number of amides is 3. The molecule has 142 valence electrons. The van der Waals surface area contributed by atoms with E-state index in [1.54, 1.807) is 0 Å². The first-order chi connectivity index (χ1) is 12.5. The summed E-state index contributed by atoms with van der Waals surface area (Å²) in [6.07, 6.45) is 3.81. The van der Waals surface area contributed by atoms with E-state index in [1.165, 1.54) is 0 Å². The molecule has 1 aromatic rings. The normalized spacial score (nSPS) is 18.1. The number of likely N-dealkylation sites (tertiary alicyclic amines) is 2. The third-order valence-electron chi connectivity index (χ3n) is 5.45. The highest BCUT2D eigenvalue weighted by atomic mass is 16.2. The van der Waals surface area contributed by atoms with Crippen molar-refractivity contribution >= 4 is 17.6 Å².